The third kappa shape index (κ3) is 3.91. The molecule has 1 saturated heterocycles. The van der Waals surface area contributed by atoms with Gasteiger partial charge in [-0.05, 0) is 47.1 Å². The van der Waals surface area contributed by atoms with E-state index in [4.69, 9.17) is 0 Å². The molecule has 0 N–H and O–H groups in total. The zero-order chi connectivity index (χ0) is 20.5. The Bertz CT molecular complexity index is 909. The summed E-state index contributed by atoms with van der Waals surface area (Å²) in [5.41, 5.74) is 3.38. The average molecular weight is 394 g/mol. The lowest BCUT2D eigenvalue weighted by atomic mass is 9.85. The molecule has 0 spiro atoms. The monoisotopic (exact) mass is 394 g/mol. The summed E-state index contributed by atoms with van der Waals surface area (Å²) in [6.45, 7) is 5.54. The third-order valence-electron chi connectivity index (χ3n) is 6.30. The summed E-state index contributed by atoms with van der Waals surface area (Å²) in [5, 5.41) is 0. The Balaban J connectivity index is 1.53. The smallest absolute Gasteiger partial charge is 0.242 e. The molecule has 2 aliphatic heterocycles. The Hall–Kier alpha value is -2.69. The van der Waals surface area contributed by atoms with E-state index in [9.17, 15) is 14.0 Å². The molecule has 2 unspecified atom stereocenters. The molecule has 29 heavy (non-hydrogen) atoms. The lowest BCUT2D eigenvalue weighted by Crippen LogP contribution is -2.55. The summed E-state index contributed by atoms with van der Waals surface area (Å²) in [6.07, 6.45) is 1.19. The van der Waals surface area contributed by atoms with Crippen molar-refractivity contribution in [3.63, 3.8) is 0 Å². The fourth-order valence-corrected chi connectivity index (χ4v) is 4.63. The number of amides is 2. The predicted octanol–water partition coefficient (Wildman–Crippen LogP) is 3.92. The summed E-state index contributed by atoms with van der Waals surface area (Å²) in [6, 6.07) is 14.5. The van der Waals surface area contributed by atoms with E-state index >= 15 is 0 Å². The van der Waals surface area contributed by atoms with Gasteiger partial charge >= 0.3 is 0 Å². The minimum absolute atomic E-state index is 0.00475. The molecule has 2 amide bonds. The number of rotatable bonds is 4. The van der Waals surface area contributed by atoms with Gasteiger partial charge in [-0.3, -0.25) is 9.59 Å². The van der Waals surface area contributed by atoms with Gasteiger partial charge in [0.1, 0.15) is 5.82 Å². The lowest BCUT2D eigenvalue weighted by molar-refractivity contribution is -0.149. The van der Waals surface area contributed by atoms with Crippen LogP contribution in [0.1, 0.15) is 48.9 Å². The third-order valence-corrected chi connectivity index (χ3v) is 6.30. The van der Waals surface area contributed by atoms with E-state index in [2.05, 4.69) is 26.0 Å². The lowest BCUT2D eigenvalue weighted by Gasteiger charge is -2.44. The Morgan fingerprint density at radius 2 is 1.86 bits per heavy atom. The first kappa shape index (κ1) is 19.6. The van der Waals surface area contributed by atoms with Crippen LogP contribution in [0, 0.1) is 11.7 Å². The molecule has 2 atom stereocenters. The van der Waals surface area contributed by atoms with Crippen LogP contribution in [-0.4, -0.2) is 41.2 Å². The highest BCUT2D eigenvalue weighted by atomic mass is 19.1. The van der Waals surface area contributed by atoms with E-state index in [0.717, 1.165) is 17.5 Å². The molecule has 0 bridgehead atoms. The van der Waals surface area contributed by atoms with Crippen LogP contribution in [0.3, 0.4) is 0 Å². The number of fused-ring (bicyclic) bond motifs is 3. The number of benzene rings is 2. The molecular formula is C24H27FN2O2. The molecule has 2 heterocycles. The summed E-state index contributed by atoms with van der Waals surface area (Å²) in [5.74, 6) is -0.0389. The highest BCUT2D eigenvalue weighted by Gasteiger charge is 2.38. The SMILES string of the molecule is CC(C)C(CC(=O)N1CC(=O)N2CCc3ccccc3C2C1)c1ccc(F)cc1. The largest absolute Gasteiger partial charge is 0.332 e. The predicted molar refractivity (Wildman–Crippen MR) is 110 cm³/mol. The normalized spacial score (nSPS) is 19.7. The minimum atomic E-state index is -0.278. The average Bonchev–Trinajstić information content (AvgIpc) is 2.72. The topological polar surface area (TPSA) is 40.6 Å². The first-order valence-corrected chi connectivity index (χ1v) is 10.3. The first-order chi connectivity index (χ1) is 13.9. The minimum Gasteiger partial charge on any atom is -0.332 e. The summed E-state index contributed by atoms with van der Waals surface area (Å²) >= 11 is 0. The van der Waals surface area contributed by atoms with E-state index in [1.165, 1.54) is 17.7 Å². The molecule has 0 radical (unpaired) electrons. The summed E-state index contributed by atoms with van der Waals surface area (Å²) < 4.78 is 13.3. The molecule has 1 fully saturated rings. The van der Waals surface area contributed by atoms with Gasteiger partial charge in [0.25, 0.3) is 0 Å². The van der Waals surface area contributed by atoms with Gasteiger partial charge in [0.15, 0.2) is 0 Å². The van der Waals surface area contributed by atoms with Crippen molar-refractivity contribution in [2.24, 2.45) is 5.92 Å². The molecule has 0 aliphatic carbocycles. The van der Waals surface area contributed by atoms with Crippen LogP contribution in [0.5, 0.6) is 0 Å². The zero-order valence-corrected chi connectivity index (χ0v) is 17.0. The maximum Gasteiger partial charge on any atom is 0.242 e. The zero-order valence-electron chi connectivity index (χ0n) is 17.0. The van der Waals surface area contributed by atoms with E-state index in [1.54, 1.807) is 17.0 Å². The molecule has 0 aromatic heterocycles. The fourth-order valence-electron chi connectivity index (χ4n) is 4.63. The molecule has 2 aromatic carbocycles. The van der Waals surface area contributed by atoms with E-state index in [1.807, 2.05) is 17.0 Å². The van der Waals surface area contributed by atoms with Crippen molar-refractivity contribution >= 4 is 11.8 Å². The highest BCUT2D eigenvalue weighted by Crippen LogP contribution is 2.34. The van der Waals surface area contributed by atoms with Crippen molar-refractivity contribution in [2.75, 3.05) is 19.6 Å². The number of carbonyl (C=O) groups is 2. The maximum absolute atomic E-state index is 13.3. The fraction of sp³-hybridized carbons (Fsp3) is 0.417. The summed E-state index contributed by atoms with van der Waals surface area (Å²) in [7, 11) is 0. The second kappa shape index (κ2) is 7.97. The number of piperazine rings is 1. The molecule has 0 saturated carbocycles. The maximum atomic E-state index is 13.3. The van der Waals surface area contributed by atoms with Crippen LogP contribution in [-0.2, 0) is 16.0 Å². The molecule has 2 aliphatic rings. The van der Waals surface area contributed by atoms with Gasteiger partial charge in [-0.1, -0.05) is 50.2 Å². The quantitative estimate of drug-likeness (QED) is 0.789. The number of nitrogens with zero attached hydrogens (tertiary/aromatic N) is 2. The van der Waals surface area contributed by atoms with Crippen molar-refractivity contribution in [1.29, 1.82) is 0 Å². The van der Waals surface area contributed by atoms with Crippen LogP contribution < -0.4 is 0 Å². The van der Waals surface area contributed by atoms with Crippen LogP contribution in [0.2, 0.25) is 0 Å². The number of halogens is 1. The second-order valence-electron chi connectivity index (χ2n) is 8.43. The van der Waals surface area contributed by atoms with Gasteiger partial charge in [-0.15, -0.1) is 0 Å². The van der Waals surface area contributed by atoms with Crippen molar-refractivity contribution in [3.8, 4) is 0 Å². The molecule has 152 valence electrons. The molecule has 4 nitrogen and oxygen atoms in total. The Labute approximate surface area is 171 Å². The van der Waals surface area contributed by atoms with E-state index < -0.39 is 0 Å². The van der Waals surface area contributed by atoms with Gasteiger partial charge in [0.05, 0.1) is 12.6 Å². The first-order valence-electron chi connectivity index (χ1n) is 10.3. The van der Waals surface area contributed by atoms with Gasteiger partial charge in [0, 0.05) is 19.5 Å². The van der Waals surface area contributed by atoms with Crippen molar-refractivity contribution in [3.05, 3.63) is 71.0 Å². The Morgan fingerprint density at radius 1 is 1.14 bits per heavy atom. The van der Waals surface area contributed by atoms with Crippen molar-refractivity contribution < 1.29 is 14.0 Å². The van der Waals surface area contributed by atoms with E-state index in [-0.39, 0.29) is 42.1 Å². The Morgan fingerprint density at radius 3 is 2.59 bits per heavy atom. The number of hydrogen-bond acceptors (Lipinski definition) is 2. The van der Waals surface area contributed by atoms with Crippen LogP contribution in [0.15, 0.2) is 48.5 Å². The van der Waals surface area contributed by atoms with Crippen LogP contribution in [0.25, 0.3) is 0 Å². The second-order valence-corrected chi connectivity index (χ2v) is 8.43. The number of carbonyl (C=O) groups excluding carboxylic acids is 2. The highest BCUT2D eigenvalue weighted by molar-refractivity contribution is 5.87. The van der Waals surface area contributed by atoms with Gasteiger partial charge in [-0.2, -0.15) is 0 Å². The standard InChI is InChI=1S/C24H27FN2O2/c1-16(2)21(18-7-9-19(25)10-8-18)13-23(28)26-14-22-20-6-4-3-5-17(20)11-12-27(22)24(29)15-26/h3-10,16,21-22H,11-15H2,1-2H3. The molecule has 5 heteroatoms. The number of hydrogen-bond donors (Lipinski definition) is 0. The van der Waals surface area contributed by atoms with Crippen molar-refractivity contribution in [1.82, 2.24) is 9.80 Å². The molecular weight excluding hydrogens is 367 g/mol. The summed E-state index contributed by atoms with van der Waals surface area (Å²) in [4.78, 5) is 29.6. The van der Waals surface area contributed by atoms with Crippen LogP contribution in [0.4, 0.5) is 4.39 Å². The van der Waals surface area contributed by atoms with Gasteiger partial charge in [-0.25, -0.2) is 4.39 Å². The molecule has 2 aromatic rings. The van der Waals surface area contributed by atoms with Crippen LogP contribution >= 0.6 is 0 Å². The van der Waals surface area contributed by atoms with Crippen molar-refractivity contribution in [2.45, 2.75) is 38.6 Å². The van der Waals surface area contributed by atoms with E-state index in [0.29, 0.717) is 19.5 Å². The molecule has 4 rings (SSSR count). The van der Waals surface area contributed by atoms with Gasteiger partial charge in [0.2, 0.25) is 11.8 Å². The van der Waals surface area contributed by atoms with Gasteiger partial charge < -0.3 is 9.80 Å². The Kier molecular flexibility index (Phi) is 5.39.